The maximum atomic E-state index is 12.2. The van der Waals surface area contributed by atoms with E-state index < -0.39 is 21.7 Å². The van der Waals surface area contributed by atoms with E-state index in [0.717, 1.165) is 17.7 Å². The van der Waals surface area contributed by atoms with Gasteiger partial charge in [-0.25, -0.2) is 4.79 Å². The Morgan fingerprint density at radius 1 is 1.00 bits per heavy atom. The normalized spacial score (nSPS) is 12.0. The minimum atomic E-state index is -4.29. The van der Waals surface area contributed by atoms with E-state index in [-0.39, 0.29) is 10.6 Å². The van der Waals surface area contributed by atoms with Crippen molar-refractivity contribution < 1.29 is 27.6 Å². The van der Waals surface area contributed by atoms with E-state index >= 15 is 0 Å². The molecule has 0 saturated carbocycles. The van der Waals surface area contributed by atoms with Crippen LogP contribution in [-0.4, -0.2) is 29.6 Å². The molecule has 2 rings (SSSR count). The largest absolute Gasteiger partial charge is 0.423 e. The molecule has 6 nitrogen and oxygen atoms in total. The summed E-state index contributed by atoms with van der Waals surface area (Å²) in [7, 11) is -4.29. The minimum Gasteiger partial charge on any atom is -0.423 e. The summed E-state index contributed by atoms with van der Waals surface area (Å²) in [4.78, 5) is 11.9. The summed E-state index contributed by atoms with van der Waals surface area (Å²) in [6.07, 6.45) is 1.80. The first-order valence-corrected chi connectivity index (χ1v) is 9.72. The minimum absolute atomic E-state index is 0.165. The van der Waals surface area contributed by atoms with Crippen LogP contribution in [0.1, 0.15) is 42.6 Å². The fourth-order valence-electron chi connectivity index (χ4n) is 2.48. The first-order chi connectivity index (χ1) is 12.2. The molecule has 2 aromatic carbocycles. The summed E-state index contributed by atoms with van der Waals surface area (Å²) in [6, 6.07) is 11.7. The molecule has 2 N–H and O–H groups in total. The van der Waals surface area contributed by atoms with Crippen molar-refractivity contribution in [2.75, 3.05) is 0 Å². The number of carbonyl (C=O) groups excluding carboxylic acids is 1. The molecular formula is C19H22O6S. The van der Waals surface area contributed by atoms with Crippen molar-refractivity contribution in [1.29, 1.82) is 0 Å². The van der Waals surface area contributed by atoms with Crippen LogP contribution in [0.2, 0.25) is 0 Å². The number of ether oxygens (including phenoxy) is 1. The molecule has 0 unspecified atom stereocenters. The predicted octanol–water partition coefficient (Wildman–Crippen LogP) is 3.25. The Morgan fingerprint density at radius 3 is 2.00 bits per heavy atom. The monoisotopic (exact) mass is 378 g/mol. The third-order valence-electron chi connectivity index (χ3n) is 4.37. The van der Waals surface area contributed by atoms with Crippen LogP contribution in [0.15, 0.2) is 53.4 Å². The van der Waals surface area contributed by atoms with Crippen LogP contribution in [0.25, 0.3) is 0 Å². The lowest BCUT2D eigenvalue weighted by Crippen LogP contribution is -2.29. The number of carbonyl (C=O) groups is 1. The summed E-state index contributed by atoms with van der Waals surface area (Å²) in [6.45, 7) is 3.87. The second kappa shape index (κ2) is 7.99. The molecule has 0 fully saturated rings. The van der Waals surface area contributed by atoms with Crippen molar-refractivity contribution in [3.05, 3.63) is 59.7 Å². The van der Waals surface area contributed by atoms with E-state index in [4.69, 9.17) is 9.29 Å². The van der Waals surface area contributed by atoms with E-state index in [1.165, 1.54) is 12.1 Å². The van der Waals surface area contributed by atoms with Gasteiger partial charge in [0.15, 0.2) is 0 Å². The average molecular weight is 378 g/mol. The van der Waals surface area contributed by atoms with Crippen molar-refractivity contribution in [1.82, 2.24) is 0 Å². The fourth-order valence-corrected chi connectivity index (χ4v) is 2.96. The highest BCUT2D eigenvalue weighted by Crippen LogP contribution is 2.22. The highest BCUT2D eigenvalue weighted by molar-refractivity contribution is 7.85. The molecule has 140 valence electrons. The molecule has 0 spiro atoms. The molecule has 0 amide bonds. The molecule has 0 aromatic heterocycles. The van der Waals surface area contributed by atoms with Crippen LogP contribution in [0.3, 0.4) is 0 Å². The van der Waals surface area contributed by atoms with Crippen LogP contribution in [-0.2, 0) is 16.5 Å². The maximum Gasteiger partial charge on any atom is 0.343 e. The van der Waals surface area contributed by atoms with Gasteiger partial charge in [0, 0.05) is 6.42 Å². The van der Waals surface area contributed by atoms with Gasteiger partial charge < -0.3 is 9.84 Å². The van der Waals surface area contributed by atoms with Crippen LogP contribution >= 0.6 is 0 Å². The molecule has 0 radical (unpaired) electrons. The number of hydrogen-bond acceptors (Lipinski definition) is 5. The van der Waals surface area contributed by atoms with Crippen LogP contribution in [0, 0.1) is 0 Å². The smallest absolute Gasteiger partial charge is 0.343 e. The van der Waals surface area contributed by atoms with Crippen LogP contribution < -0.4 is 4.74 Å². The first-order valence-electron chi connectivity index (χ1n) is 8.28. The highest BCUT2D eigenvalue weighted by atomic mass is 32.2. The van der Waals surface area contributed by atoms with Crippen molar-refractivity contribution >= 4 is 16.1 Å². The van der Waals surface area contributed by atoms with Crippen molar-refractivity contribution in [3.8, 4) is 5.75 Å². The lowest BCUT2D eigenvalue weighted by molar-refractivity contribution is 0.0326. The Bertz CT molecular complexity index is 850. The summed E-state index contributed by atoms with van der Waals surface area (Å²) in [5, 5.41) is 10.4. The molecule has 0 aliphatic rings. The van der Waals surface area contributed by atoms with Gasteiger partial charge in [0.2, 0.25) is 0 Å². The molecule has 7 heteroatoms. The summed E-state index contributed by atoms with van der Waals surface area (Å²) < 4.78 is 36.1. The molecule has 0 atom stereocenters. The number of esters is 1. The second-order valence-corrected chi connectivity index (χ2v) is 7.56. The van der Waals surface area contributed by atoms with E-state index in [0.29, 0.717) is 24.8 Å². The Balaban J connectivity index is 2.06. The third-order valence-corrected chi connectivity index (χ3v) is 5.24. The second-order valence-electron chi connectivity index (χ2n) is 6.14. The summed E-state index contributed by atoms with van der Waals surface area (Å²) in [5.74, 6) is -0.421. The van der Waals surface area contributed by atoms with Gasteiger partial charge in [-0.1, -0.05) is 26.0 Å². The Kier molecular flexibility index (Phi) is 6.17. The van der Waals surface area contributed by atoms with E-state index in [9.17, 15) is 18.3 Å². The Labute approximate surface area is 153 Å². The Morgan fingerprint density at radius 2 is 1.54 bits per heavy atom. The van der Waals surface area contributed by atoms with Gasteiger partial charge in [-0.05, 0) is 54.8 Å². The van der Waals surface area contributed by atoms with Crippen molar-refractivity contribution in [3.63, 3.8) is 0 Å². The maximum absolute atomic E-state index is 12.2. The zero-order valence-electron chi connectivity index (χ0n) is 14.7. The fraction of sp³-hybridized carbons (Fsp3) is 0.316. The number of aliphatic hydroxyl groups is 1. The van der Waals surface area contributed by atoms with E-state index in [2.05, 4.69) is 0 Å². The van der Waals surface area contributed by atoms with Crippen molar-refractivity contribution in [2.45, 2.75) is 43.6 Å². The molecule has 0 saturated heterocycles. The molecule has 0 aliphatic carbocycles. The van der Waals surface area contributed by atoms with Crippen molar-refractivity contribution in [2.24, 2.45) is 0 Å². The molecule has 2 aromatic rings. The lowest BCUT2D eigenvalue weighted by Gasteiger charge is -2.25. The molecule has 0 bridgehead atoms. The van der Waals surface area contributed by atoms with Crippen LogP contribution in [0.4, 0.5) is 0 Å². The standard InChI is InChI=1S/C19H22O6S/c1-3-19(21,4-2)13-14-5-7-15(8-6-14)18(20)25-16-9-11-17(12-10-16)26(22,23)24/h5-12,21H,3-4,13H2,1-2H3,(H,22,23,24). The van der Waals surface area contributed by atoms with Gasteiger partial charge in [0.1, 0.15) is 5.75 Å². The lowest BCUT2D eigenvalue weighted by atomic mass is 9.89. The quantitative estimate of drug-likeness (QED) is 0.436. The van der Waals surface area contributed by atoms with Gasteiger partial charge in [-0.3, -0.25) is 4.55 Å². The van der Waals surface area contributed by atoms with Gasteiger partial charge in [-0.15, -0.1) is 0 Å². The zero-order valence-corrected chi connectivity index (χ0v) is 15.5. The molecule has 26 heavy (non-hydrogen) atoms. The first kappa shape index (κ1) is 20.1. The Hall–Kier alpha value is -2.22. The summed E-state index contributed by atoms with van der Waals surface area (Å²) in [5.41, 5.74) is 0.506. The topological polar surface area (TPSA) is 101 Å². The molecular weight excluding hydrogens is 356 g/mol. The van der Waals surface area contributed by atoms with Crippen LogP contribution in [0.5, 0.6) is 5.75 Å². The third kappa shape index (κ3) is 5.14. The van der Waals surface area contributed by atoms with Gasteiger partial charge in [0.25, 0.3) is 10.1 Å². The zero-order chi connectivity index (χ0) is 19.4. The number of hydrogen-bond donors (Lipinski definition) is 2. The van der Waals surface area contributed by atoms with Gasteiger partial charge in [-0.2, -0.15) is 8.42 Å². The number of rotatable bonds is 7. The van der Waals surface area contributed by atoms with E-state index in [1.807, 2.05) is 13.8 Å². The SMILES string of the molecule is CCC(O)(CC)Cc1ccc(C(=O)Oc2ccc(S(=O)(=O)O)cc2)cc1. The average Bonchev–Trinajstić information content (AvgIpc) is 2.62. The van der Waals surface area contributed by atoms with E-state index in [1.54, 1.807) is 24.3 Å². The predicted molar refractivity (Wildman–Crippen MR) is 96.9 cm³/mol. The van der Waals surface area contributed by atoms with Gasteiger partial charge in [0.05, 0.1) is 16.1 Å². The number of benzene rings is 2. The molecule has 0 aliphatic heterocycles. The van der Waals surface area contributed by atoms with Gasteiger partial charge >= 0.3 is 5.97 Å². The highest BCUT2D eigenvalue weighted by Gasteiger charge is 2.22. The molecule has 0 heterocycles. The summed E-state index contributed by atoms with van der Waals surface area (Å²) >= 11 is 0.